The number of carbonyl (C=O) groups is 4. The van der Waals surface area contributed by atoms with Gasteiger partial charge in [-0.1, -0.05) is 0 Å². The Morgan fingerprint density at radius 3 is 1.80 bits per heavy atom. The second-order valence-electron chi connectivity index (χ2n) is 2.69. The molecular weight excluding hydrogens is 281 g/mol. The van der Waals surface area contributed by atoms with E-state index in [4.69, 9.17) is 5.73 Å². The molecule has 15 heavy (non-hydrogen) atoms. The largest absolute Gasteiger partial charge is 0.693 e. The summed E-state index contributed by atoms with van der Waals surface area (Å²) in [5.41, 5.74) is 2.91. The molecule has 2 rings (SSSR count). The van der Waals surface area contributed by atoms with E-state index in [2.05, 4.69) is 5.32 Å². The van der Waals surface area contributed by atoms with Gasteiger partial charge in [0.1, 0.15) is 0 Å². The van der Waals surface area contributed by atoms with E-state index >= 15 is 0 Å². The van der Waals surface area contributed by atoms with Crippen molar-refractivity contribution in [3.05, 3.63) is 11.5 Å². The summed E-state index contributed by atoms with van der Waals surface area (Å²) < 4.78 is 0. The van der Waals surface area contributed by atoms with Crippen molar-refractivity contribution >= 4 is 23.6 Å². The van der Waals surface area contributed by atoms with Crippen LogP contribution >= 0.6 is 0 Å². The molecule has 0 saturated carbocycles. The first-order valence-corrected chi connectivity index (χ1v) is 3.44. The monoisotopic (exact) mass is 287 g/mol. The topological polar surface area (TPSA) is 145 Å². The van der Waals surface area contributed by atoms with Crippen LogP contribution in [0.3, 0.4) is 0 Å². The maximum atomic E-state index is 11.2. The minimum Gasteiger partial charge on any atom is -0.693 e. The molecule has 9 heteroatoms. The normalized spacial score (nSPS) is 21.0. The molecule has 1 spiro atoms. The summed E-state index contributed by atoms with van der Waals surface area (Å²) in [6, 6.07) is 0. The van der Waals surface area contributed by atoms with Crippen molar-refractivity contribution in [3.63, 3.8) is 0 Å². The molecule has 0 aliphatic carbocycles. The summed E-state index contributed by atoms with van der Waals surface area (Å²) in [6.07, 6.45) is 0. The molecule has 8 nitrogen and oxygen atoms in total. The molecule has 2 fully saturated rings. The van der Waals surface area contributed by atoms with Gasteiger partial charge >= 0.3 is 0 Å². The van der Waals surface area contributed by atoms with Gasteiger partial charge in [0.2, 0.25) is 5.41 Å². The van der Waals surface area contributed by atoms with Gasteiger partial charge in [0.05, 0.1) is 18.5 Å². The predicted octanol–water partition coefficient (Wildman–Crippen LogP) is -1.59. The number of likely N-dealkylation sites (tertiary alicyclic amines) is 1. The number of rotatable bonds is 1. The average Bonchev–Trinajstić information content (AvgIpc) is 2.05. The standard InChI is InChI=1S/C6H5N3O4.H2N.Y/c7-1-9-4(12)6(5(9)13)2(10)8-3(6)11;;/h1,7H2,(H,8,10,11);1H2;/q;-1;/p-1. The van der Waals surface area contributed by atoms with Crippen molar-refractivity contribution in [2.45, 2.75) is 0 Å². The Labute approximate surface area is 109 Å². The fourth-order valence-corrected chi connectivity index (χ4v) is 1.37. The number of nitrogens with zero attached hydrogens (tertiary/aromatic N) is 2. The van der Waals surface area contributed by atoms with Crippen molar-refractivity contribution in [1.82, 2.24) is 4.90 Å². The van der Waals surface area contributed by atoms with E-state index in [0.717, 1.165) is 0 Å². The SMILES string of the molecule is NCN1C(=O)C2(C(=O)[N-]C2=O)C1=O.[NH2-].[Y]. The second-order valence-corrected chi connectivity index (χ2v) is 2.69. The number of β-lactam (4-membered cyclic amide) rings is 4. The number of hydrogen-bond donors (Lipinski definition) is 1. The zero-order valence-electron chi connectivity index (χ0n) is 7.47. The van der Waals surface area contributed by atoms with E-state index < -0.39 is 29.0 Å². The van der Waals surface area contributed by atoms with Crippen molar-refractivity contribution in [3.8, 4) is 0 Å². The third-order valence-corrected chi connectivity index (χ3v) is 2.16. The van der Waals surface area contributed by atoms with Gasteiger partial charge in [-0.2, -0.15) is 0 Å². The Balaban J connectivity index is 0.000000980. The first-order chi connectivity index (χ1) is 6.06. The fraction of sp³-hybridized carbons (Fsp3) is 0.333. The Bertz CT molecular complexity index is 336. The van der Waals surface area contributed by atoms with Gasteiger partial charge in [-0.25, -0.2) is 0 Å². The van der Waals surface area contributed by atoms with E-state index in [-0.39, 0.29) is 45.5 Å². The van der Waals surface area contributed by atoms with Crippen LogP contribution in [0.5, 0.6) is 0 Å². The van der Waals surface area contributed by atoms with Crippen molar-refractivity contribution < 1.29 is 51.9 Å². The fourth-order valence-electron chi connectivity index (χ4n) is 1.37. The molecule has 2 heterocycles. The molecule has 0 bridgehead atoms. The molecule has 0 aromatic heterocycles. The molecule has 0 aromatic rings. The van der Waals surface area contributed by atoms with Crippen LogP contribution in [-0.4, -0.2) is 35.2 Å². The Morgan fingerprint density at radius 1 is 1.13 bits per heavy atom. The van der Waals surface area contributed by atoms with E-state index in [1.807, 2.05) is 0 Å². The minimum atomic E-state index is -2.13. The third-order valence-electron chi connectivity index (χ3n) is 2.16. The van der Waals surface area contributed by atoms with Gasteiger partial charge in [-0.3, -0.25) is 14.5 Å². The van der Waals surface area contributed by atoms with E-state index in [1.165, 1.54) is 0 Å². The van der Waals surface area contributed by atoms with Gasteiger partial charge in [0.25, 0.3) is 11.8 Å². The van der Waals surface area contributed by atoms with E-state index in [0.29, 0.717) is 4.90 Å². The van der Waals surface area contributed by atoms with Crippen LogP contribution in [-0.2, 0) is 51.9 Å². The molecule has 79 valence electrons. The minimum absolute atomic E-state index is 0. The van der Waals surface area contributed by atoms with Crippen LogP contribution in [0.4, 0.5) is 0 Å². The molecule has 2 aliphatic heterocycles. The zero-order chi connectivity index (χ0) is 9.80. The van der Waals surface area contributed by atoms with Crippen LogP contribution in [0.25, 0.3) is 11.5 Å². The second kappa shape index (κ2) is 4.05. The van der Waals surface area contributed by atoms with Crippen molar-refractivity contribution in [2.75, 3.05) is 6.67 Å². The number of hydrogen-bond acceptors (Lipinski definition) is 5. The Hall–Kier alpha value is -0.696. The summed E-state index contributed by atoms with van der Waals surface area (Å²) in [7, 11) is 0. The van der Waals surface area contributed by atoms with E-state index in [1.54, 1.807) is 0 Å². The van der Waals surface area contributed by atoms with Gasteiger partial charge in [0.15, 0.2) is 0 Å². The average molecular weight is 287 g/mol. The molecule has 2 saturated heterocycles. The van der Waals surface area contributed by atoms with Crippen LogP contribution in [0.15, 0.2) is 0 Å². The Morgan fingerprint density at radius 2 is 1.53 bits per heavy atom. The maximum Gasteiger partial charge on any atom is 0.258 e. The third kappa shape index (κ3) is 1.22. The quantitative estimate of drug-likeness (QED) is 0.456. The molecule has 4 N–H and O–H groups in total. The molecule has 0 aromatic carbocycles. The number of imide groups is 2. The first kappa shape index (κ1) is 14.3. The summed E-state index contributed by atoms with van der Waals surface area (Å²) in [5, 5.41) is 2.88. The molecule has 0 atom stereocenters. The molecule has 1 radical (unpaired) electrons. The first-order valence-electron chi connectivity index (χ1n) is 3.44. The number of carbonyl (C=O) groups excluding carboxylic acids is 4. The van der Waals surface area contributed by atoms with Gasteiger partial charge in [-0.15, -0.1) is 0 Å². The van der Waals surface area contributed by atoms with E-state index in [9.17, 15) is 19.2 Å². The van der Waals surface area contributed by atoms with Crippen LogP contribution in [0.1, 0.15) is 0 Å². The van der Waals surface area contributed by atoms with Gasteiger partial charge in [-0.05, 0) is 0 Å². The summed E-state index contributed by atoms with van der Waals surface area (Å²) in [6.45, 7) is -0.319. The summed E-state index contributed by atoms with van der Waals surface area (Å²) in [5.74, 6) is -3.66. The summed E-state index contributed by atoms with van der Waals surface area (Å²) in [4.78, 5) is 44.6. The number of amides is 4. The Kier molecular flexibility index (Phi) is 3.86. The smallest absolute Gasteiger partial charge is 0.258 e. The molecule has 0 unspecified atom stereocenters. The zero-order valence-corrected chi connectivity index (χ0v) is 10.3. The van der Waals surface area contributed by atoms with Gasteiger partial charge < -0.3 is 26.8 Å². The number of nitrogens with two attached hydrogens (primary N) is 2. The molecule has 2 aliphatic rings. The van der Waals surface area contributed by atoms with Crippen LogP contribution in [0, 0.1) is 5.41 Å². The van der Waals surface area contributed by atoms with Crippen LogP contribution < -0.4 is 5.73 Å². The maximum absolute atomic E-state index is 11.2. The molecule has 4 amide bonds. The predicted molar refractivity (Wildman–Crippen MR) is 42.0 cm³/mol. The molecular formula is C6H6N4O4Y-2. The van der Waals surface area contributed by atoms with Crippen LogP contribution in [0.2, 0.25) is 0 Å². The van der Waals surface area contributed by atoms with Gasteiger partial charge in [0, 0.05) is 32.7 Å². The summed E-state index contributed by atoms with van der Waals surface area (Å²) >= 11 is 0. The van der Waals surface area contributed by atoms with Crippen molar-refractivity contribution in [1.29, 1.82) is 0 Å². The van der Waals surface area contributed by atoms with Crippen molar-refractivity contribution in [2.24, 2.45) is 11.1 Å².